The zero-order valence-electron chi connectivity index (χ0n) is 13.4. The molecule has 0 saturated heterocycles. The topological polar surface area (TPSA) is 96.6 Å². The summed E-state index contributed by atoms with van der Waals surface area (Å²) in [6.07, 6.45) is 5.58. The number of nitrogens with one attached hydrogen (secondary N) is 1. The summed E-state index contributed by atoms with van der Waals surface area (Å²) >= 11 is 0. The highest BCUT2D eigenvalue weighted by molar-refractivity contribution is 5.96. The molecule has 0 fully saturated rings. The molecule has 1 amide bonds. The first-order valence-electron chi connectivity index (χ1n) is 8.10. The van der Waals surface area contributed by atoms with Crippen molar-refractivity contribution in [1.82, 2.24) is 5.32 Å². The number of carboxylic acids is 1. The van der Waals surface area contributed by atoms with Gasteiger partial charge in [-0.3, -0.25) is 14.4 Å². The van der Waals surface area contributed by atoms with Gasteiger partial charge in [0.2, 0.25) is 5.43 Å². The lowest BCUT2D eigenvalue weighted by Gasteiger charge is -2.05. The van der Waals surface area contributed by atoms with Crippen LogP contribution >= 0.6 is 0 Å². The first-order chi connectivity index (χ1) is 11.6. The summed E-state index contributed by atoms with van der Waals surface area (Å²) < 4.78 is 5.33. The molecule has 1 aromatic heterocycles. The van der Waals surface area contributed by atoms with E-state index >= 15 is 0 Å². The molecular weight excluding hydrogens is 310 g/mol. The molecule has 1 heterocycles. The summed E-state index contributed by atoms with van der Waals surface area (Å²) in [5, 5.41) is 11.6. The van der Waals surface area contributed by atoms with E-state index in [-0.39, 0.29) is 17.4 Å². The van der Waals surface area contributed by atoms with Crippen molar-refractivity contribution in [3.8, 4) is 0 Å². The van der Waals surface area contributed by atoms with E-state index in [4.69, 9.17) is 9.52 Å². The van der Waals surface area contributed by atoms with Gasteiger partial charge >= 0.3 is 5.97 Å². The monoisotopic (exact) mass is 331 g/mol. The Morgan fingerprint density at radius 1 is 1.04 bits per heavy atom. The molecule has 0 atom stereocenters. The van der Waals surface area contributed by atoms with Crippen molar-refractivity contribution in [2.45, 2.75) is 38.5 Å². The summed E-state index contributed by atoms with van der Waals surface area (Å²) in [5.41, 5.74) is 0.138. The third-order valence-corrected chi connectivity index (χ3v) is 3.78. The molecule has 0 radical (unpaired) electrons. The van der Waals surface area contributed by atoms with Gasteiger partial charge in [0.25, 0.3) is 5.91 Å². The van der Waals surface area contributed by atoms with E-state index < -0.39 is 11.9 Å². The van der Waals surface area contributed by atoms with Crippen molar-refractivity contribution in [2.24, 2.45) is 0 Å². The molecule has 0 aliphatic carbocycles. The summed E-state index contributed by atoms with van der Waals surface area (Å²) in [7, 11) is 0. The van der Waals surface area contributed by atoms with Crippen LogP contribution in [0.1, 0.15) is 48.9 Å². The molecular formula is C18H21NO5. The Morgan fingerprint density at radius 3 is 2.54 bits per heavy atom. The minimum Gasteiger partial charge on any atom is -0.481 e. The van der Waals surface area contributed by atoms with Gasteiger partial charge in [-0.1, -0.05) is 31.4 Å². The van der Waals surface area contributed by atoms with Crippen LogP contribution in [0.25, 0.3) is 11.0 Å². The predicted octanol–water partition coefficient (Wildman–Crippen LogP) is 2.95. The normalized spacial score (nSPS) is 10.7. The molecule has 2 rings (SSSR count). The number of para-hydroxylation sites is 1. The van der Waals surface area contributed by atoms with Crippen molar-refractivity contribution in [3.63, 3.8) is 0 Å². The maximum Gasteiger partial charge on any atom is 0.303 e. The summed E-state index contributed by atoms with van der Waals surface area (Å²) in [4.78, 5) is 34.7. The summed E-state index contributed by atoms with van der Waals surface area (Å²) in [5.74, 6) is -1.20. The highest BCUT2D eigenvalue weighted by atomic mass is 16.4. The maximum atomic E-state index is 12.3. The fourth-order valence-corrected chi connectivity index (χ4v) is 2.46. The Bertz CT molecular complexity index is 765. The quantitative estimate of drug-likeness (QED) is 0.689. The average molecular weight is 331 g/mol. The minimum atomic E-state index is -0.767. The number of carbonyl (C=O) groups is 2. The number of carbonyl (C=O) groups excluding carboxylic acids is 1. The highest BCUT2D eigenvalue weighted by Crippen LogP contribution is 2.10. The Morgan fingerprint density at radius 2 is 1.75 bits per heavy atom. The molecule has 0 unspecified atom stereocenters. The standard InChI is InChI=1S/C18H21NO5/c20-16(21)10-4-2-1-3-7-11-19-18(23)14-12-24-15-9-6-5-8-13(15)17(14)22/h5-6,8-9,12H,1-4,7,10-11H2,(H,19,23)(H,20,21). The zero-order valence-corrected chi connectivity index (χ0v) is 13.4. The Balaban J connectivity index is 1.76. The first-order valence-corrected chi connectivity index (χ1v) is 8.10. The van der Waals surface area contributed by atoms with Gasteiger partial charge in [0.1, 0.15) is 17.4 Å². The number of benzene rings is 1. The van der Waals surface area contributed by atoms with Crippen molar-refractivity contribution in [3.05, 3.63) is 46.3 Å². The second-order valence-corrected chi connectivity index (χ2v) is 5.64. The lowest BCUT2D eigenvalue weighted by molar-refractivity contribution is -0.137. The molecule has 0 aliphatic rings. The third kappa shape index (κ3) is 4.94. The molecule has 0 aliphatic heterocycles. The van der Waals surface area contributed by atoms with E-state index in [0.717, 1.165) is 25.7 Å². The van der Waals surface area contributed by atoms with Gasteiger partial charge in [0.05, 0.1) is 5.39 Å². The lowest BCUT2D eigenvalue weighted by Crippen LogP contribution is -2.29. The lowest BCUT2D eigenvalue weighted by atomic mass is 10.1. The maximum absolute atomic E-state index is 12.3. The van der Waals surface area contributed by atoms with Crippen LogP contribution in [-0.4, -0.2) is 23.5 Å². The zero-order chi connectivity index (χ0) is 17.4. The molecule has 0 bridgehead atoms. The average Bonchev–Trinajstić information content (AvgIpc) is 2.57. The second kappa shape index (κ2) is 8.86. The fourth-order valence-electron chi connectivity index (χ4n) is 2.46. The number of amides is 1. The number of rotatable bonds is 9. The van der Waals surface area contributed by atoms with E-state index in [9.17, 15) is 14.4 Å². The van der Waals surface area contributed by atoms with Crippen LogP contribution in [0.4, 0.5) is 0 Å². The van der Waals surface area contributed by atoms with Gasteiger partial charge in [-0.2, -0.15) is 0 Å². The van der Waals surface area contributed by atoms with Crippen molar-refractivity contribution >= 4 is 22.8 Å². The molecule has 6 nitrogen and oxygen atoms in total. The van der Waals surface area contributed by atoms with Gasteiger partial charge in [-0.05, 0) is 25.0 Å². The minimum absolute atomic E-state index is 0.00941. The highest BCUT2D eigenvalue weighted by Gasteiger charge is 2.13. The smallest absolute Gasteiger partial charge is 0.303 e. The van der Waals surface area contributed by atoms with Crippen molar-refractivity contribution in [2.75, 3.05) is 6.54 Å². The molecule has 2 N–H and O–H groups in total. The SMILES string of the molecule is O=C(O)CCCCCCCNC(=O)c1coc2ccccc2c1=O. The van der Waals surface area contributed by atoms with Gasteiger partial charge in [0, 0.05) is 13.0 Å². The van der Waals surface area contributed by atoms with Crippen molar-refractivity contribution < 1.29 is 19.1 Å². The van der Waals surface area contributed by atoms with E-state index in [0.29, 0.717) is 23.9 Å². The number of hydrogen-bond donors (Lipinski definition) is 2. The van der Waals surface area contributed by atoms with E-state index in [1.807, 2.05) is 0 Å². The number of carboxylic acid groups (broad SMARTS) is 1. The van der Waals surface area contributed by atoms with E-state index in [1.54, 1.807) is 24.3 Å². The summed E-state index contributed by atoms with van der Waals surface area (Å²) in [6.45, 7) is 0.476. The van der Waals surface area contributed by atoms with Crippen LogP contribution in [0.2, 0.25) is 0 Å². The largest absolute Gasteiger partial charge is 0.481 e. The molecule has 128 valence electrons. The van der Waals surface area contributed by atoms with Gasteiger partial charge in [-0.25, -0.2) is 0 Å². The van der Waals surface area contributed by atoms with Crippen LogP contribution in [0.3, 0.4) is 0 Å². The van der Waals surface area contributed by atoms with E-state index in [2.05, 4.69) is 5.32 Å². The number of unbranched alkanes of at least 4 members (excludes halogenated alkanes) is 4. The van der Waals surface area contributed by atoms with Crippen LogP contribution in [0.15, 0.2) is 39.7 Å². The van der Waals surface area contributed by atoms with Gasteiger partial charge in [-0.15, -0.1) is 0 Å². The number of fused-ring (bicyclic) bond motifs is 1. The molecule has 2 aromatic rings. The molecule has 1 aromatic carbocycles. The number of hydrogen-bond acceptors (Lipinski definition) is 4. The fraction of sp³-hybridized carbons (Fsp3) is 0.389. The van der Waals surface area contributed by atoms with Crippen LogP contribution < -0.4 is 10.7 Å². The van der Waals surface area contributed by atoms with Crippen LogP contribution in [-0.2, 0) is 4.79 Å². The van der Waals surface area contributed by atoms with Gasteiger partial charge < -0.3 is 14.8 Å². The van der Waals surface area contributed by atoms with Gasteiger partial charge in [0.15, 0.2) is 0 Å². The molecule has 0 spiro atoms. The van der Waals surface area contributed by atoms with Crippen LogP contribution in [0, 0.1) is 0 Å². The summed E-state index contributed by atoms with van der Waals surface area (Å²) in [6, 6.07) is 6.81. The van der Waals surface area contributed by atoms with Crippen LogP contribution in [0.5, 0.6) is 0 Å². The molecule has 24 heavy (non-hydrogen) atoms. The Kier molecular flexibility index (Phi) is 6.54. The molecule has 0 saturated carbocycles. The second-order valence-electron chi connectivity index (χ2n) is 5.64. The molecule has 6 heteroatoms. The Hall–Kier alpha value is -2.63. The predicted molar refractivity (Wildman–Crippen MR) is 90.2 cm³/mol. The Labute approximate surface area is 139 Å². The van der Waals surface area contributed by atoms with Crippen molar-refractivity contribution in [1.29, 1.82) is 0 Å². The number of aliphatic carboxylic acids is 1. The first kappa shape index (κ1) is 17.7. The van der Waals surface area contributed by atoms with E-state index in [1.165, 1.54) is 6.26 Å². The third-order valence-electron chi connectivity index (χ3n) is 3.78.